The zero-order valence-electron chi connectivity index (χ0n) is 8.10. The van der Waals surface area contributed by atoms with Crippen molar-refractivity contribution in [1.29, 1.82) is 0 Å². The molecule has 0 aliphatic rings. The molecule has 0 spiro atoms. The summed E-state index contributed by atoms with van der Waals surface area (Å²) in [6.07, 6.45) is 1.08. The van der Waals surface area contributed by atoms with E-state index in [2.05, 4.69) is 0 Å². The number of hydrogen-bond donors (Lipinski definition) is 2. The lowest BCUT2D eigenvalue weighted by Gasteiger charge is -2.15. The second-order valence-electron chi connectivity index (χ2n) is 3.22. The van der Waals surface area contributed by atoms with Crippen molar-refractivity contribution in [1.82, 2.24) is 0 Å². The van der Waals surface area contributed by atoms with Gasteiger partial charge in [-0.15, -0.1) is 0 Å². The zero-order valence-corrected chi connectivity index (χ0v) is 8.92. The van der Waals surface area contributed by atoms with Crippen LogP contribution in [0.3, 0.4) is 0 Å². The highest BCUT2D eigenvalue weighted by molar-refractivity contribution is 7.86. The molecule has 13 heavy (non-hydrogen) atoms. The Balaban J connectivity index is 4.27. The van der Waals surface area contributed by atoms with Crippen LogP contribution in [0.1, 0.15) is 39.5 Å². The molecule has 5 heteroatoms. The molecule has 0 amide bonds. The third-order valence-corrected chi connectivity index (χ3v) is 3.31. The highest BCUT2D eigenvalue weighted by Gasteiger charge is 2.24. The minimum absolute atomic E-state index is 0.128. The SMILES string of the molecule is CCCC(CC(O)CC)S(=O)(=O)O. The van der Waals surface area contributed by atoms with Gasteiger partial charge in [-0.1, -0.05) is 20.3 Å². The van der Waals surface area contributed by atoms with Gasteiger partial charge in [0, 0.05) is 0 Å². The van der Waals surface area contributed by atoms with Gasteiger partial charge in [-0.25, -0.2) is 0 Å². The van der Waals surface area contributed by atoms with Crippen LogP contribution in [0.4, 0.5) is 0 Å². The zero-order chi connectivity index (χ0) is 10.5. The van der Waals surface area contributed by atoms with E-state index in [9.17, 15) is 13.5 Å². The Morgan fingerprint density at radius 2 is 1.85 bits per heavy atom. The molecule has 0 bridgehead atoms. The van der Waals surface area contributed by atoms with Gasteiger partial charge in [0.15, 0.2) is 0 Å². The first-order valence-electron chi connectivity index (χ1n) is 4.56. The minimum atomic E-state index is -3.99. The van der Waals surface area contributed by atoms with Gasteiger partial charge in [0.25, 0.3) is 10.1 Å². The van der Waals surface area contributed by atoms with Gasteiger partial charge in [0.2, 0.25) is 0 Å². The summed E-state index contributed by atoms with van der Waals surface area (Å²) in [6, 6.07) is 0. The maximum Gasteiger partial charge on any atom is 0.267 e. The van der Waals surface area contributed by atoms with E-state index in [0.29, 0.717) is 19.3 Å². The molecule has 0 aromatic rings. The molecule has 0 saturated carbocycles. The molecule has 0 aromatic heterocycles. The smallest absolute Gasteiger partial charge is 0.267 e. The Bertz CT molecular complexity index is 222. The third kappa shape index (κ3) is 5.23. The molecule has 80 valence electrons. The largest absolute Gasteiger partial charge is 0.393 e. The molecule has 0 aliphatic carbocycles. The van der Waals surface area contributed by atoms with Crippen LogP contribution < -0.4 is 0 Å². The van der Waals surface area contributed by atoms with E-state index < -0.39 is 21.5 Å². The van der Waals surface area contributed by atoms with Gasteiger partial charge < -0.3 is 5.11 Å². The summed E-state index contributed by atoms with van der Waals surface area (Å²) in [7, 11) is -3.99. The molecule has 0 rings (SSSR count). The average molecular weight is 210 g/mol. The molecular weight excluding hydrogens is 192 g/mol. The van der Waals surface area contributed by atoms with Crippen molar-refractivity contribution in [2.24, 2.45) is 0 Å². The number of rotatable bonds is 6. The quantitative estimate of drug-likeness (QED) is 0.646. The maximum atomic E-state index is 10.8. The summed E-state index contributed by atoms with van der Waals surface area (Å²) in [5, 5.41) is 8.43. The highest BCUT2D eigenvalue weighted by Crippen LogP contribution is 2.15. The summed E-state index contributed by atoms with van der Waals surface area (Å²) in [5.41, 5.74) is 0. The van der Waals surface area contributed by atoms with E-state index in [1.807, 2.05) is 6.92 Å². The van der Waals surface area contributed by atoms with Gasteiger partial charge in [-0.05, 0) is 19.3 Å². The summed E-state index contributed by atoms with van der Waals surface area (Å²) < 4.78 is 30.4. The molecule has 2 unspecified atom stereocenters. The second kappa shape index (κ2) is 5.57. The van der Waals surface area contributed by atoms with Crippen molar-refractivity contribution < 1.29 is 18.1 Å². The van der Waals surface area contributed by atoms with Crippen molar-refractivity contribution in [3.63, 3.8) is 0 Å². The van der Waals surface area contributed by atoms with Crippen molar-refractivity contribution in [2.45, 2.75) is 50.9 Å². The van der Waals surface area contributed by atoms with Crippen LogP contribution in [0, 0.1) is 0 Å². The van der Waals surface area contributed by atoms with Crippen LogP contribution in [0.15, 0.2) is 0 Å². The molecule has 0 radical (unpaired) electrons. The lowest BCUT2D eigenvalue weighted by atomic mass is 10.1. The number of hydrogen-bond acceptors (Lipinski definition) is 3. The number of aliphatic hydroxyl groups is 1. The maximum absolute atomic E-state index is 10.8. The normalized spacial score (nSPS) is 16.9. The predicted octanol–water partition coefficient (Wildman–Crippen LogP) is 1.20. The fraction of sp³-hybridized carbons (Fsp3) is 1.00. The van der Waals surface area contributed by atoms with Gasteiger partial charge >= 0.3 is 0 Å². The fourth-order valence-corrected chi connectivity index (χ4v) is 2.18. The second-order valence-corrected chi connectivity index (χ2v) is 4.92. The molecule has 0 aromatic carbocycles. The highest BCUT2D eigenvalue weighted by atomic mass is 32.2. The van der Waals surface area contributed by atoms with E-state index >= 15 is 0 Å². The standard InChI is InChI=1S/C8H18O4S/c1-3-5-8(13(10,11)12)6-7(9)4-2/h7-9H,3-6H2,1-2H3,(H,10,11,12). The molecule has 2 N–H and O–H groups in total. The molecule has 4 nitrogen and oxygen atoms in total. The van der Waals surface area contributed by atoms with Crippen LogP contribution in [-0.2, 0) is 10.1 Å². The summed E-state index contributed by atoms with van der Waals surface area (Å²) in [6.45, 7) is 3.62. The first-order chi connectivity index (χ1) is 5.91. The van der Waals surface area contributed by atoms with Crippen LogP contribution in [0.2, 0.25) is 0 Å². The van der Waals surface area contributed by atoms with Gasteiger partial charge in [0.05, 0.1) is 11.4 Å². The molecule has 2 atom stereocenters. The predicted molar refractivity (Wildman–Crippen MR) is 51.2 cm³/mol. The fourth-order valence-electron chi connectivity index (χ4n) is 1.18. The van der Waals surface area contributed by atoms with E-state index in [1.165, 1.54) is 0 Å². The van der Waals surface area contributed by atoms with E-state index in [-0.39, 0.29) is 6.42 Å². The Kier molecular flexibility index (Phi) is 5.51. The molecular formula is C8H18O4S. The molecule has 0 aliphatic heterocycles. The minimum Gasteiger partial charge on any atom is -0.393 e. The first kappa shape index (κ1) is 12.9. The average Bonchev–Trinajstić information content (AvgIpc) is 2.01. The van der Waals surface area contributed by atoms with E-state index in [0.717, 1.165) is 0 Å². The van der Waals surface area contributed by atoms with Crippen LogP contribution in [0.5, 0.6) is 0 Å². The number of aliphatic hydroxyl groups excluding tert-OH is 1. The molecule has 0 fully saturated rings. The van der Waals surface area contributed by atoms with Crippen LogP contribution in [-0.4, -0.2) is 29.4 Å². The Hall–Kier alpha value is -0.130. The third-order valence-electron chi connectivity index (χ3n) is 2.04. The Labute approximate surface area is 79.7 Å². The van der Waals surface area contributed by atoms with Crippen LogP contribution >= 0.6 is 0 Å². The Morgan fingerprint density at radius 3 is 2.15 bits per heavy atom. The topological polar surface area (TPSA) is 74.6 Å². The molecule has 0 heterocycles. The van der Waals surface area contributed by atoms with E-state index in [4.69, 9.17) is 4.55 Å². The summed E-state index contributed by atoms with van der Waals surface area (Å²) in [4.78, 5) is 0. The first-order valence-corrected chi connectivity index (χ1v) is 6.06. The Morgan fingerprint density at radius 1 is 1.31 bits per heavy atom. The van der Waals surface area contributed by atoms with Gasteiger partial charge in [0.1, 0.15) is 0 Å². The summed E-state index contributed by atoms with van der Waals surface area (Å²) in [5.74, 6) is 0. The monoisotopic (exact) mass is 210 g/mol. The summed E-state index contributed by atoms with van der Waals surface area (Å²) >= 11 is 0. The lowest BCUT2D eigenvalue weighted by Crippen LogP contribution is -2.25. The van der Waals surface area contributed by atoms with Gasteiger partial charge in [-0.3, -0.25) is 4.55 Å². The van der Waals surface area contributed by atoms with Gasteiger partial charge in [-0.2, -0.15) is 8.42 Å². The molecule has 0 saturated heterocycles. The lowest BCUT2D eigenvalue weighted by molar-refractivity contribution is 0.156. The van der Waals surface area contributed by atoms with Crippen molar-refractivity contribution in [3.05, 3.63) is 0 Å². The van der Waals surface area contributed by atoms with Crippen molar-refractivity contribution >= 4 is 10.1 Å². The van der Waals surface area contributed by atoms with E-state index in [1.54, 1.807) is 6.92 Å². The van der Waals surface area contributed by atoms with Crippen molar-refractivity contribution in [2.75, 3.05) is 0 Å². The van der Waals surface area contributed by atoms with Crippen molar-refractivity contribution in [3.8, 4) is 0 Å². The van der Waals surface area contributed by atoms with Crippen LogP contribution in [0.25, 0.3) is 0 Å².